The first-order chi connectivity index (χ1) is 7.70. The van der Waals surface area contributed by atoms with Gasteiger partial charge in [0.15, 0.2) is 5.17 Å². The molecule has 2 rings (SSSR count). The minimum atomic E-state index is 0.656. The number of para-hydroxylation sites is 1. The number of aliphatic imine (C=N–C) groups is 1. The Morgan fingerprint density at radius 1 is 1.31 bits per heavy atom. The predicted molar refractivity (Wildman–Crippen MR) is 74.2 cm³/mol. The normalized spacial score (nSPS) is 15.8. The molecule has 0 saturated heterocycles. The zero-order chi connectivity index (χ0) is 11.5. The van der Waals surface area contributed by atoms with Gasteiger partial charge < -0.3 is 4.90 Å². The van der Waals surface area contributed by atoms with Crippen LogP contribution in [0.2, 0.25) is 10.0 Å². The molecular weight excluding hydrogens is 263 g/mol. The Morgan fingerprint density at radius 2 is 2.00 bits per heavy atom. The first kappa shape index (κ1) is 12.1. The summed E-state index contributed by atoms with van der Waals surface area (Å²) in [5, 5.41) is 2.30. The van der Waals surface area contributed by atoms with Crippen molar-refractivity contribution in [2.75, 3.05) is 24.2 Å². The second-order valence-electron chi connectivity index (χ2n) is 3.50. The minimum Gasteiger partial charge on any atom is -0.322 e. The van der Waals surface area contributed by atoms with Gasteiger partial charge >= 0.3 is 0 Å². The summed E-state index contributed by atoms with van der Waals surface area (Å²) in [6.45, 7) is 0.884. The van der Waals surface area contributed by atoms with Crippen molar-refractivity contribution in [3.05, 3.63) is 28.2 Å². The van der Waals surface area contributed by atoms with Crippen molar-refractivity contribution in [3.8, 4) is 0 Å². The third kappa shape index (κ3) is 2.47. The summed E-state index contributed by atoms with van der Waals surface area (Å²) in [5.41, 5.74) is 0.832. The summed E-state index contributed by atoms with van der Waals surface area (Å²) in [7, 11) is 1.95. The molecule has 1 aliphatic heterocycles. The largest absolute Gasteiger partial charge is 0.322 e. The molecule has 0 fully saturated rings. The number of hydrogen-bond donors (Lipinski definition) is 0. The molecule has 0 aliphatic carbocycles. The summed E-state index contributed by atoms with van der Waals surface area (Å²) in [4.78, 5) is 6.44. The van der Waals surface area contributed by atoms with Crippen LogP contribution in [0.25, 0.3) is 0 Å². The second kappa shape index (κ2) is 5.30. The molecule has 0 N–H and O–H groups in total. The number of nitrogens with zero attached hydrogens (tertiary/aromatic N) is 2. The SMILES string of the molecule is CN(C1=NCCCS1)c1c(Cl)cccc1Cl. The van der Waals surface area contributed by atoms with E-state index in [-0.39, 0.29) is 0 Å². The molecule has 1 aliphatic rings. The molecule has 1 heterocycles. The van der Waals surface area contributed by atoms with Gasteiger partial charge in [-0.05, 0) is 18.6 Å². The van der Waals surface area contributed by atoms with Gasteiger partial charge in [-0.3, -0.25) is 4.99 Å². The number of anilines is 1. The van der Waals surface area contributed by atoms with E-state index >= 15 is 0 Å². The highest BCUT2D eigenvalue weighted by Crippen LogP contribution is 2.34. The molecule has 0 radical (unpaired) electrons. The zero-order valence-electron chi connectivity index (χ0n) is 8.91. The fourth-order valence-corrected chi connectivity index (χ4v) is 3.13. The molecule has 0 atom stereocenters. The Labute approximate surface area is 110 Å². The van der Waals surface area contributed by atoms with Gasteiger partial charge in [0, 0.05) is 19.3 Å². The smallest absolute Gasteiger partial charge is 0.163 e. The maximum absolute atomic E-state index is 6.15. The van der Waals surface area contributed by atoms with Crippen molar-refractivity contribution >= 4 is 45.8 Å². The molecule has 86 valence electrons. The lowest BCUT2D eigenvalue weighted by Crippen LogP contribution is -2.26. The molecule has 0 aromatic heterocycles. The number of rotatable bonds is 1. The van der Waals surface area contributed by atoms with Crippen LogP contribution in [0, 0.1) is 0 Å². The van der Waals surface area contributed by atoms with Crippen molar-refractivity contribution in [3.63, 3.8) is 0 Å². The Kier molecular flexibility index (Phi) is 4.00. The molecule has 2 nitrogen and oxygen atoms in total. The lowest BCUT2D eigenvalue weighted by Gasteiger charge is -2.24. The second-order valence-corrected chi connectivity index (χ2v) is 5.37. The van der Waals surface area contributed by atoms with Gasteiger partial charge in [0.05, 0.1) is 15.7 Å². The topological polar surface area (TPSA) is 15.6 Å². The van der Waals surface area contributed by atoms with Gasteiger partial charge in [-0.25, -0.2) is 0 Å². The monoisotopic (exact) mass is 274 g/mol. The lowest BCUT2D eigenvalue weighted by molar-refractivity contribution is 0.932. The standard InChI is InChI=1S/C11H12Cl2N2S/c1-15(11-14-6-3-7-16-11)10-8(12)4-2-5-9(10)13/h2,4-5H,3,6-7H2,1H3. The lowest BCUT2D eigenvalue weighted by atomic mass is 10.3. The van der Waals surface area contributed by atoms with Crippen molar-refractivity contribution in [1.82, 2.24) is 0 Å². The fraction of sp³-hybridized carbons (Fsp3) is 0.364. The maximum Gasteiger partial charge on any atom is 0.163 e. The first-order valence-electron chi connectivity index (χ1n) is 5.05. The molecule has 0 saturated carbocycles. The summed E-state index contributed by atoms with van der Waals surface area (Å²) in [6, 6.07) is 5.53. The van der Waals surface area contributed by atoms with E-state index in [0.717, 1.165) is 29.6 Å². The van der Waals surface area contributed by atoms with Gasteiger partial charge in [-0.1, -0.05) is 41.0 Å². The van der Waals surface area contributed by atoms with Crippen molar-refractivity contribution < 1.29 is 0 Å². The third-order valence-corrected chi connectivity index (χ3v) is 4.10. The van der Waals surface area contributed by atoms with Gasteiger partial charge in [0.25, 0.3) is 0 Å². The molecule has 1 aromatic carbocycles. The molecule has 0 unspecified atom stereocenters. The van der Waals surface area contributed by atoms with E-state index in [1.54, 1.807) is 11.8 Å². The van der Waals surface area contributed by atoms with Crippen LogP contribution in [-0.4, -0.2) is 24.5 Å². The number of thioether (sulfide) groups is 1. The molecule has 5 heteroatoms. The van der Waals surface area contributed by atoms with Crippen LogP contribution in [0.1, 0.15) is 6.42 Å². The molecule has 0 bridgehead atoms. The summed E-state index contributed by atoms with van der Waals surface area (Å²) < 4.78 is 0. The van der Waals surface area contributed by atoms with Gasteiger partial charge in [0.1, 0.15) is 0 Å². The van der Waals surface area contributed by atoms with Crippen LogP contribution < -0.4 is 4.90 Å². The fourth-order valence-electron chi connectivity index (χ4n) is 1.56. The Morgan fingerprint density at radius 3 is 2.56 bits per heavy atom. The first-order valence-corrected chi connectivity index (χ1v) is 6.79. The minimum absolute atomic E-state index is 0.656. The zero-order valence-corrected chi connectivity index (χ0v) is 11.2. The number of halogens is 2. The average molecular weight is 275 g/mol. The van der Waals surface area contributed by atoms with Crippen LogP contribution >= 0.6 is 35.0 Å². The molecule has 1 aromatic rings. The van der Waals surface area contributed by atoms with Crippen LogP contribution in [0.5, 0.6) is 0 Å². The van der Waals surface area contributed by atoms with E-state index in [4.69, 9.17) is 23.2 Å². The molecular formula is C11H12Cl2N2S. The highest BCUT2D eigenvalue weighted by molar-refractivity contribution is 8.14. The number of hydrogen-bond acceptors (Lipinski definition) is 3. The number of amidine groups is 1. The quantitative estimate of drug-likeness (QED) is 0.772. The maximum atomic E-state index is 6.15. The Bertz CT molecular complexity index is 400. The average Bonchev–Trinajstić information content (AvgIpc) is 2.30. The molecule has 0 amide bonds. The van der Waals surface area contributed by atoms with E-state index in [1.807, 2.05) is 30.1 Å². The number of benzene rings is 1. The third-order valence-electron chi connectivity index (χ3n) is 2.34. The van der Waals surface area contributed by atoms with Crippen molar-refractivity contribution in [2.24, 2.45) is 4.99 Å². The van der Waals surface area contributed by atoms with Gasteiger partial charge in [0.2, 0.25) is 0 Å². The van der Waals surface area contributed by atoms with Crippen molar-refractivity contribution in [1.29, 1.82) is 0 Å². The van der Waals surface area contributed by atoms with Crippen molar-refractivity contribution in [2.45, 2.75) is 6.42 Å². The summed E-state index contributed by atoms with van der Waals surface area (Å²) in [5.74, 6) is 1.10. The van der Waals surface area contributed by atoms with Gasteiger partial charge in [-0.2, -0.15) is 0 Å². The molecule has 16 heavy (non-hydrogen) atoms. The van der Waals surface area contributed by atoms with E-state index in [1.165, 1.54) is 0 Å². The van der Waals surface area contributed by atoms with E-state index < -0.39 is 0 Å². The van der Waals surface area contributed by atoms with E-state index in [0.29, 0.717) is 10.0 Å². The highest BCUT2D eigenvalue weighted by Gasteiger charge is 2.17. The van der Waals surface area contributed by atoms with Crippen LogP contribution in [0.15, 0.2) is 23.2 Å². The Hall–Kier alpha value is -0.380. The van der Waals surface area contributed by atoms with E-state index in [9.17, 15) is 0 Å². The van der Waals surface area contributed by atoms with Crippen LogP contribution in [0.3, 0.4) is 0 Å². The predicted octanol–water partition coefficient (Wildman–Crippen LogP) is 3.92. The summed E-state index contributed by atoms with van der Waals surface area (Å²) >= 11 is 14.0. The van der Waals surface area contributed by atoms with E-state index in [2.05, 4.69) is 4.99 Å². The van der Waals surface area contributed by atoms with Crippen LogP contribution in [0.4, 0.5) is 5.69 Å². The molecule has 0 spiro atoms. The van der Waals surface area contributed by atoms with Gasteiger partial charge in [-0.15, -0.1) is 0 Å². The van der Waals surface area contributed by atoms with Crippen LogP contribution in [-0.2, 0) is 0 Å². The summed E-state index contributed by atoms with van der Waals surface area (Å²) in [6.07, 6.45) is 1.14. The highest BCUT2D eigenvalue weighted by atomic mass is 35.5. The Balaban J connectivity index is 2.33.